The fourth-order valence-corrected chi connectivity index (χ4v) is 2.91. The second-order valence-corrected chi connectivity index (χ2v) is 6.30. The highest BCUT2D eigenvalue weighted by molar-refractivity contribution is 6.33. The Morgan fingerprint density at radius 1 is 1.10 bits per heavy atom. The average Bonchev–Trinajstić information content (AvgIpc) is 2.47. The molecule has 0 saturated carbocycles. The lowest BCUT2D eigenvalue weighted by molar-refractivity contribution is 0.520. The largest absolute Gasteiger partial charge is 0.317 e. The van der Waals surface area contributed by atoms with Crippen LogP contribution in [0.15, 0.2) is 42.5 Å². The molecule has 0 aliphatic carbocycles. The van der Waals surface area contributed by atoms with Crippen molar-refractivity contribution in [2.24, 2.45) is 0 Å². The predicted molar refractivity (Wildman–Crippen MR) is 92.5 cm³/mol. The lowest BCUT2D eigenvalue weighted by atomic mass is 9.98. The minimum absolute atomic E-state index is 0.390. The molecule has 112 valence electrons. The number of nitrogens with one attached hydrogen (secondary N) is 1. The van der Waals surface area contributed by atoms with Crippen LogP contribution in [-0.2, 0) is 12.8 Å². The lowest BCUT2D eigenvalue weighted by Gasteiger charge is -2.17. The monoisotopic (exact) mass is 321 g/mol. The van der Waals surface area contributed by atoms with Gasteiger partial charge in [-0.1, -0.05) is 53.0 Å². The summed E-state index contributed by atoms with van der Waals surface area (Å²) < 4.78 is 0. The number of aryl methyl sites for hydroxylation is 2. The van der Waals surface area contributed by atoms with E-state index >= 15 is 0 Å². The Balaban J connectivity index is 1.98. The molecule has 1 atom stereocenters. The van der Waals surface area contributed by atoms with Gasteiger partial charge in [0.25, 0.3) is 0 Å². The maximum atomic E-state index is 6.25. The zero-order valence-electron chi connectivity index (χ0n) is 12.5. The van der Waals surface area contributed by atoms with Crippen molar-refractivity contribution in [3.8, 4) is 0 Å². The molecule has 0 bridgehead atoms. The second-order valence-electron chi connectivity index (χ2n) is 5.45. The van der Waals surface area contributed by atoms with Gasteiger partial charge in [0.05, 0.1) is 0 Å². The summed E-state index contributed by atoms with van der Waals surface area (Å²) >= 11 is 12.3. The first kappa shape index (κ1) is 16.4. The first-order valence-corrected chi connectivity index (χ1v) is 8.01. The van der Waals surface area contributed by atoms with Gasteiger partial charge < -0.3 is 5.32 Å². The van der Waals surface area contributed by atoms with Crippen molar-refractivity contribution in [1.29, 1.82) is 0 Å². The van der Waals surface area contributed by atoms with E-state index in [1.807, 2.05) is 25.2 Å². The van der Waals surface area contributed by atoms with Gasteiger partial charge in [-0.2, -0.15) is 0 Å². The van der Waals surface area contributed by atoms with Crippen LogP contribution in [0.3, 0.4) is 0 Å². The Labute approximate surface area is 137 Å². The van der Waals surface area contributed by atoms with Gasteiger partial charge in [-0.25, -0.2) is 0 Å². The van der Waals surface area contributed by atoms with Crippen molar-refractivity contribution >= 4 is 23.2 Å². The molecule has 1 unspecified atom stereocenters. The van der Waals surface area contributed by atoms with E-state index in [1.165, 1.54) is 11.1 Å². The molecule has 0 aromatic heterocycles. The third kappa shape index (κ3) is 5.03. The van der Waals surface area contributed by atoms with Crippen molar-refractivity contribution in [3.05, 3.63) is 69.2 Å². The molecule has 2 aromatic carbocycles. The van der Waals surface area contributed by atoms with E-state index in [1.54, 1.807) is 0 Å². The number of rotatable bonds is 6. The minimum atomic E-state index is 0.390. The van der Waals surface area contributed by atoms with Gasteiger partial charge in [-0.05, 0) is 62.6 Å². The van der Waals surface area contributed by atoms with Crippen molar-refractivity contribution in [2.75, 3.05) is 7.05 Å². The van der Waals surface area contributed by atoms with Crippen LogP contribution in [0.2, 0.25) is 10.0 Å². The summed E-state index contributed by atoms with van der Waals surface area (Å²) in [5, 5.41) is 4.91. The van der Waals surface area contributed by atoms with Gasteiger partial charge >= 0.3 is 0 Å². The quantitative estimate of drug-likeness (QED) is 0.783. The predicted octanol–water partition coefficient (Wildman–Crippen LogP) is 5.07. The van der Waals surface area contributed by atoms with Gasteiger partial charge in [-0.15, -0.1) is 0 Å². The van der Waals surface area contributed by atoms with Gasteiger partial charge in [0, 0.05) is 16.1 Å². The smallest absolute Gasteiger partial charge is 0.0439 e. The number of hydrogen-bond acceptors (Lipinski definition) is 1. The highest BCUT2D eigenvalue weighted by atomic mass is 35.5. The molecule has 2 rings (SSSR count). The van der Waals surface area contributed by atoms with Crippen LogP contribution in [0.25, 0.3) is 0 Å². The zero-order chi connectivity index (χ0) is 15.2. The summed E-state index contributed by atoms with van der Waals surface area (Å²) in [5.41, 5.74) is 3.80. The van der Waals surface area contributed by atoms with Crippen LogP contribution in [-0.4, -0.2) is 13.1 Å². The minimum Gasteiger partial charge on any atom is -0.317 e. The molecule has 0 aliphatic heterocycles. The van der Waals surface area contributed by atoms with Crippen LogP contribution in [0.4, 0.5) is 0 Å². The SMILES string of the molecule is CNC(CCc1cccc(C)c1)Cc1cc(Cl)ccc1Cl. The maximum Gasteiger partial charge on any atom is 0.0439 e. The standard InChI is InChI=1S/C18H21Cl2N/c1-13-4-3-5-14(10-13)6-8-17(21-2)12-15-11-16(19)7-9-18(15)20/h3-5,7,9-11,17,21H,6,8,12H2,1-2H3. The third-order valence-corrected chi connectivity index (χ3v) is 4.35. The van der Waals surface area contributed by atoms with Crippen LogP contribution in [0.5, 0.6) is 0 Å². The molecule has 0 spiro atoms. The van der Waals surface area contributed by atoms with E-state index in [2.05, 4.69) is 36.5 Å². The molecule has 0 amide bonds. The highest BCUT2D eigenvalue weighted by Crippen LogP contribution is 2.22. The van der Waals surface area contributed by atoms with E-state index in [0.717, 1.165) is 34.9 Å². The van der Waals surface area contributed by atoms with Crippen molar-refractivity contribution in [1.82, 2.24) is 5.32 Å². The van der Waals surface area contributed by atoms with E-state index < -0.39 is 0 Å². The first-order chi connectivity index (χ1) is 10.1. The molecule has 0 fully saturated rings. The summed E-state index contributed by atoms with van der Waals surface area (Å²) in [7, 11) is 2.00. The van der Waals surface area contributed by atoms with E-state index in [4.69, 9.17) is 23.2 Å². The third-order valence-electron chi connectivity index (χ3n) is 3.75. The van der Waals surface area contributed by atoms with Crippen molar-refractivity contribution in [2.45, 2.75) is 32.2 Å². The average molecular weight is 322 g/mol. The Bertz CT molecular complexity index is 596. The van der Waals surface area contributed by atoms with Crippen LogP contribution >= 0.6 is 23.2 Å². The summed E-state index contributed by atoms with van der Waals surface area (Å²) in [4.78, 5) is 0. The molecule has 1 nitrogen and oxygen atoms in total. The van der Waals surface area contributed by atoms with Crippen LogP contribution in [0.1, 0.15) is 23.1 Å². The lowest BCUT2D eigenvalue weighted by Crippen LogP contribution is -2.28. The van der Waals surface area contributed by atoms with Gasteiger partial charge in [0.2, 0.25) is 0 Å². The summed E-state index contributed by atoms with van der Waals surface area (Å²) in [6.07, 6.45) is 3.02. The van der Waals surface area contributed by atoms with Crippen LogP contribution in [0, 0.1) is 6.92 Å². The summed E-state index contributed by atoms with van der Waals surface area (Å²) in [6, 6.07) is 14.7. The molecule has 21 heavy (non-hydrogen) atoms. The molecule has 1 N–H and O–H groups in total. The number of halogens is 2. The number of likely N-dealkylation sites (N-methyl/N-ethyl adjacent to an activating group) is 1. The van der Waals surface area contributed by atoms with Gasteiger partial charge in [0.15, 0.2) is 0 Å². The molecular formula is C18H21Cl2N. The fourth-order valence-electron chi connectivity index (χ4n) is 2.52. The maximum absolute atomic E-state index is 6.25. The van der Waals surface area contributed by atoms with Crippen molar-refractivity contribution < 1.29 is 0 Å². The molecule has 2 aromatic rings. The van der Waals surface area contributed by atoms with E-state index in [-0.39, 0.29) is 0 Å². The molecule has 3 heteroatoms. The first-order valence-electron chi connectivity index (χ1n) is 7.25. The normalized spacial score (nSPS) is 12.4. The summed E-state index contributed by atoms with van der Waals surface area (Å²) in [5.74, 6) is 0. The molecule has 0 aliphatic rings. The Morgan fingerprint density at radius 2 is 1.90 bits per heavy atom. The summed E-state index contributed by atoms with van der Waals surface area (Å²) in [6.45, 7) is 2.13. The van der Waals surface area contributed by atoms with Crippen LogP contribution < -0.4 is 5.32 Å². The van der Waals surface area contributed by atoms with Gasteiger partial charge in [0.1, 0.15) is 0 Å². The number of benzene rings is 2. The topological polar surface area (TPSA) is 12.0 Å². The van der Waals surface area contributed by atoms with Crippen molar-refractivity contribution in [3.63, 3.8) is 0 Å². The molecule has 0 saturated heterocycles. The molecular weight excluding hydrogens is 301 g/mol. The second kappa shape index (κ2) is 7.84. The van der Waals surface area contributed by atoms with E-state index in [0.29, 0.717) is 6.04 Å². The Hall–Kier alpha value is -1.02. The fraction of sp³-hybridized carbons (Fsp3) is 0.333. The molecule has 0 heterocycles. The zero-order valence-corrected chi connectivity index (χ0v) is 14.0. The van der Waals surface area contributed by atoms with E-state index in [9.17, 15) is 0 Å². The molecule has 0 radical (unpaired) electrons. The number of hydrogen-bond donors (Lipinski definition) is 1. The van der Waals surface area contributed by atoms with Gasteiger partial charge in [-0.3, -0.25) is 0 Å². The Morgan fingerprint density at radius 3 is 2.62 bits per heavy atom. The Kier molecular flexibility index (Phi) is 6.10. The highest BCUT2D eigenvalue weighted by Gasteiger charge is 2.11.